The van der Waals surface area contributed by atoms with E-state index in [-0.39, 0.29) is 18.1 Å². The predicted octanol–water partition coefficient (Wildman–Crippen LogP) is 2.89. The highest BCUT2D eigenvalue weighted by Gasteiger charge is 2.31. The second-order valence-electron chi connectivity index (χ2n) is 7.72. The zero-order valence-corrected chi connectivity index (χ0v) is 15.9. The van der Waals surface area contributed by atoms with Crippen molar-refractivity contribution in [3.63, 3.8) is 0 Å². The predicted molar refractivity (Wildman–Crippen MR) is 99.2 cm³/mol. The van der Waals surface area contributed by atoms with Gasteiger partial charge in [0.25, 0.3) is 5.91 Å². The number of aldehydes is 1. The molecule has 0 bridgehead atoms. The highest BCUT2D eigenvalue weighted by Crippen LogP contribution is 2.44. The van der Waals surface area contributed by atoms with Gasteiger partial charge in [-0.1, -0.05) is 19.9 Å². The first-order valence-corrected chi connectivity index (χ1v) is 9.01. The zero-order valence-electron chi connectivity index (χ0n) is 15.9. The number of carbonyl (C=O) groups is 2. The van der Waals surface area contributed by atoms with Gasteiger partial charge in [0.05, 0.1) is 12.1 Å². The Morgan fingerprint density at radius 3 is 2.56 bits per heavy atom. The molecule has 0 unspecified atom stereocenters. The lowest BCUT2D eigenvalue weighted by molar-refractivity contribution is -0.115. The second-order valence-corrected chi connectivity index (χ2v) is 7.72. The van der Waals surface area contributed by atoms with Crippen LogP contribution in [0.4, 0.5) is 0 Å². The Morgan fingerprint density at radius 1 is 1.36 bits per heavy atom. The number of rotatable bonds is 9. The van der Waals surface area contributed by atoms with Crippen molar-refractivity contribution in [1.82, 2.24) is 10.6 Å². The maximum absolute atomic E-state index is 12.7. The summed E-state index contributed by atoms with van der Waals surface area (Å²) in [6.07, 6.45) is 3.30. The minimum atomic E-state index is -0.649. The molecule has 1 aromatic carbocycles. The van der Waals surface area contributed by atoms with Crippen molar-refractivity contribution in [3.8, 4) is 5.75 Å². The highest BCUT2D eigenvalue weighted by atomic mass is 16.5. The summed E-state index contributed by atoms with van der Waals surface area (Å²) < 4.78 is 5.93. The number of benzene rings is 1. The molecule has 0 radical (unpaired) electrons. The summed E-state index contributed by atoms with van der Waals surface area (Å²) >= 11 is 0. The maximum Gasteiger partial charge on any atom is 0.251 e. The zero-order chi connectivity index (χ0) is 18.6. The lowest BCUT2D eigenvalue weighted by Crippen LogP contribution is -2.51. The Morgan fingerprint density at radius 2 is 2.04 bits per heavy atom. The number of ether oxygens (including phenoxy) is 1. The SMILES string of the molecule is CNC[C@@H](NC(=O)c1ccc(C2CC2)c(OC(C)C)c1)C(C)(C)C=O. The number of hydrogen-bond acceptors (Lipinski definition) is 4. The van der Waals surface area contributed by atoms with Gasteiger partial charge in [-0.15, -0.1) is 0 Å². The van der Waals surface area contributed by atoms with Crippen LogP contribution in [-0.2, 0) is 4.79 Å². The topological polar surface area (TPSA) is 67.4 Å². The van der Waals surface area contributed by atoms with Crippen LogP contribution in [0.1, 0.15) is 62.4 Å². The van der Waals surface area contributed by atoms with Gasteiger partial charge in [0.2, 0.25) is 0 Å². The molecule has 1 saturated carbocycles. The lowest BCUT2D eigenvalue weighted by Gasteiger charge is -2.30. The van der Waals surface area contributed by atoms with Crippen molar-refractivity contribution >= 4 is 12.2 Å². The molecule has 25 heavy (non-hydrogen) atoms. The standard InChI is InChI=1S/C20H30N2O3/c1-13(2)25-17-10-15(8-9-16(17)14-6-7-14)19(24)22-18(11-21-5)20(3,4)12-23/h8-10,12-14,18,21H,6-7,11H2,1-5H3,(H,22,24)/t18-/m1/s1. The Labute approximate surface area is 150 Å². The van der Waals surface area contributed by atoms with E-state index in [1.54, 1.807) is 7.05 Å². The van der Waals surface area contributed by atoms with Crippen LogP contribution in [0, 0.1) is 5.41 Å². The smallest absolute Gasteiger partial charge is 0.251 e. The average molecular weight is 346 g/mol. The van der Waals surface area contributed by atoms with Gasteiger partial charge in [-0.2, -0.15) is 0 Å². The monoisotopic (exact) mass is 346 g/mol. The summed E-state index contributed by atoms with van der Waals surface area (Å²) in [4.78, 5) is 24.1. The molecule has 1 amide bonds. The molecule has 1 aliphatic rings. The molecule has 0 aromatic heterocycles. The van der Waals surface area contributed by atoms with Crippen LogP contribution in [0.15, 0.2) is 18.2 Å². The van der Waals surface area contributed by atoms with Crippen molar-refractivity contribution < 1.29 is 14.3 Å². The van der Waals surface area contributed by atoms with Crippen molar-refractivity contribution in [2.24, 2.45) is 5.41 Å². The minimum Gasteiger partial charge on any atom is -0.491 e. The first kappa shape index (κ1) is 19.4. The van der Waals surface area contributed by atoms with Crippen LogP contribution < -0.4 is 15.4 Å². The summed E-state index contributed by atoms with van der Waals surface area (Å²) in [5.41, 5.74) is 1.09. The summed E-state index contributed by atoms with van der Waals surface area (Å²) in [5.74, 6) is 1.16. The summed E-state index contributed by atoms with van der Waals surface area (Å²) in [5, 5.41) is 6.02. The van der Waals surface area contributed by atoms with E-state index < -0.39 is 5.41 Å². The quantitative estimate of drug-likeness (QED) is 0.675. The van der Waals surface area contributed by atoms with Gasteiger partial charge in [0, 0.05) is 17.5 Å². The van der Waals surface area contributed by atoms with Crippen LogP contribution in [0.25, 0.3) is 0 Å². The van der Waals surface area contributed by atoms with Crippen LogP contribution in [0.5, 0.6) is 5.75 Å². The first-order chi connectivity index (χ1) is 11.8. The van der Waals surface area contributed by atoms with Gasteiger partial charge in [-0.25, -0.2) is 0 Å². The molecule has 0 saturated heterocycles. The molecule has 1 fully saturated rings. The molecule has 5 heteroatoms. The van der Waals surface area contributed by atoms with E-state index in [9.17, 15) is 9.59 Å². The van der Waals surface area contributed by atoms with Crippen LogP contribution in [-0.4, -0.2) is 37.9 Å². The molecule has 0 spiro atoms. The van der Waals surface area contributed by atoms with Gasteiger partial charge < -0.3 is 20.2 Å². The van der Waals surface area contributed by atoms with E-state index in [2.05, 4.69) is 10.6 Å². The normalized spacial score (nSPS) is 15.8. The van der Waals surface area contributed by atoms with Gasteiger partial charge >= 0.3 is 0 Å². The Hall–Kier alpha value is -1.88. The third-order valence-corrected chi connectivity index (χ3v) is 4.57. The fraction of sp³-hybridized carbons (Fsp3) is 0.600. The van der Waals surface area contributed by atoms with Crippen molar-refractivity contribution in [2.45, 2.75) is 58.6 Å². The third kappa shape index (κ3) is 5.05. The second kappa shape index (κ2) is 8.00. The fourth-order valence-corrected chi connectivity index (χ4v) is 2.79. The molecule has 5 nitrogen and oxygen atoms in total. The molecule has 1 aromatic rings. The number of likely N-dealkylation sites (N-methyl/N-ethyl adjacent to an activating group) is 1. The van der Waals surface area contributed by atoms with Crippen LogP contribution in [0.3, 0.4) is 0 Å². The van der Waals surface area contributed by atoms with E-state index in [0.29, 0.717) is 18.0 Å². The van der Waals surface area contributed by atoms with Gasteiger partial charge in [0.1, 0.15) is 12.0 Å². The van der Waals surface area contributed by atoms with E-state index in [1.165, 1.54) is 18.4 Å². The van der Waals surface area contributed by atoms with Crippen molar-refractivity contribution in [1.29, 1.82) is 0 Å². The van der Waals surface area contributed by atoms with E-state index >= 15 is 0 Å². The van der Waals surface area contributed by atoms with E-state index in [4.69, 9.17) is 4.74 Å². The van der Waals surface area contributed by atoms with Gasteiger partial charge in [0.15, 0.2) is 0 Å². The molecule has 138 valence electrons. The molecule has 0 heterocycles. The molecule has 2 N–H and O–H groups in total. The molecule has 1 aliphatic carbocycles. The number of nitrogens with one attached hydrogen (secondary N) is 2. The number of carbonyl (C=O) groups excluding carboxylic acids is 2. The molecular formula is C20H30N2O3. The van der Waals surface area contributed by atoms with Gasteiger partial charge in [-0.3, -0.25) is 4.79 Å². The van der Waals surface area contributed by atoms with E-state index in [1.807, 2.05) is 45.9 Å². The van der Waals surface area contributed by atoms with Crippen LogP contribution >= 0.6 is 0 Å². The molecular weight excluding hydrogens is 316 g/mol. The molecule has 1 atom stereocenters. The Bertz CT molecular complexity index is 621. The Balaban J connectivity index is 2.21. The molecule has 0 aliphatic heterocycles. The fourth-order valence-electron chi connectivity index (χ4n) is 2.79. The summed E-state index contributed by atoms with van der Waals surface area (Å²) in [6.45, 7) is 8.14. The Kier molecular flexibility index (Phi) is 6.22. The largest absolute Gasteiger partial charge is 0.491 e. The van der Waals surface area contributed by atoms with Crippen molar-refractivity contribution in [3.05, 3.63) is 29.3 Å². The number of hydrogen-bond donors (Lipinski definition) is 2. The van der Waals surface area contributed by atoms with E-state index in [0.717, 1.165) is 12.0 Å². The van der Waals surface area contributed by atoms with Crippen LogP contribution in [0.2, 0.25) is 0 Å². The summed E-state index contributed by atoms with van der Waals surface area (Å²) in [6, 6.07) is 5.39. The number of amides is 1. The summed E-state index contributed by atoms with van der Waals surface area (Å²) in [7, 11) is 1.80. The third-order valence-electron chi connectivity index (χ3n) is 4.57. The maximum atomic E-state index is 12.7. The molecule has 2 rings (SSSR count). The lowest BCUT2D eigenvalue weighted by atomic mass is 9.85. The first-order valence-electron chi connectivity index (χ1n) is 9.01. The minimum absolute atomic E-state index is 0.0573. The van der Waals surface area contributed by atoms with Crippen molar-refractivity contribution in [2.75, 3.05) is 13.6 Å². The highest BCUT2D eigenvalue weighted by molar-refractivity contribution is 5.95. The average Bonchev–Trinajstić information content (AvgIpc) is 3.38. The van der Waals surface area contributed by atoms with Gasteiger partial charge in [-0.05, 0) is 57.4 Å².